The summed E-state index contributed by atoms with van der Waals surface area (Å²) in [6, 6.07) is 12.0. The number of aromatic nitrogens is 3. The van der Waals surface area contributed by atoms with Crippen LogP contribution in [0, 0.1) is 0 Å². The second-order valence-corrected chi connectivity index (χ2v) is 5.39. The van der Waals surface area contributed by atoms with Gasteiger partial charge in [0.2, 0.25) is 0 Å². The third-order valence-electron chi connectivity index (χ3n) is 3.81. The summed E-state index contributed by atoms with van der Waals surface area (Å²) in [5, 5.41) is 4.49. The molecule has 0 amide bonds. The fourth-order valence-corrected chi connectivity index (χ4v) is 2.53. The van der Waals surface area contributed by atoms with E-state index in [9.17, 15) is 4.79 Å². The first-order chi connectivity index (χ1) is 9.81. The number of benzene rings is 1. The molecule has 2 heterocycles. The van der Waals surface area contributed by atoms with Gasteiger partial charge in [-0.15, -0.1) is 0 Å². The fourth-order valence-electron chi connectivity index (χ4n) is 2.53. The molecule has 0 unspecified atom stereocenters. The number of hydrogen-bond donors (Lipinski definition) is 0. The third-order valence-corrected chi connectivity index (χ3v) is 3.81. The van der Waals surface area contributed by atoms with Crippen LogP contribution in [0.25, 0.3) is 5.52 Å². The van der Waals surface area contributed by atoms with Gasteiger partial charge in [0.1, 0.15) is 5.52 Å². The Hall–Kier alpha value is -2.36. The zero-order valence-corrected chi connectivity index (χ0v) is 11.1. The molecule has 1 saturated carbocycles. The molecule has 20 heavy (non-hydrogen) atoms. The maximum absolute atomic E-state index is 12.5. The van der Waals surface area contributed by atoms with Crippen LogP contribution in [0.3, 0.4) is 0 Å². The highest BCUT2D eigenvalue weighted by Crippen LogP contribution is 2.39. The van der Waals surface area contributed by atoms with Crippen LogP contribution in [0.5, 0.6) is 0 Å². The summed E-state index contributed by atoms with van der Waals surface area (Å²) in [6.45, 7) is 0.597. The van der Waals surface area contributed by atoms with Crippen molar-refractivity contribution in [2.24, 2.45) is 0 Å². The van der Waals surface area contributed by atoms with Gasteiger partial charge in [0.05, 0.1) is 12.2 Å². The van der Waals surface area contributed by atoms with Crippen molar-refractivity contribution in [1.82, 2.24) is 14.2 Å². The molecule has 1 aliphatic rings. The molecule has 0 N–H and O–H groups in total. The topological polar surface area (TPSA) is 39.3 Å². The van der Waals surface area contributed by atoms with Crippen molar-refractivity contribution in [3.63, 3.8) is 0 Å². The van der Waals surface area contributed by atoms with E-state index >= 15 is 0 Å². The van der Waals surface area contributed by atoms with Gasteiger partial charge in [0, 0.05) is 18.3 Å². The SMILES string of the molecule is O=c1c2cc(C3CC3)nn2ccn1Cc1ccccc1. The number of fused-ring (bicyclic) bond motifs is 1. The lowest BCUT2D eigenvalue weighted by atomic mass is 10.2. The standard InChI is InChI=1S/C16H15N3O/c20-16-15-10-14(13-6-7-13)17-19(15)9-8-18(16)11-12-4-2-1-3-5-12/h1-5,8-10,13H,6-7,11H2. The quantitative estimate of drug-likeness (QED) is 0.729. The van der Waals surface area contributed by atoms with Crippen LogP contribution in [0.15, 0.2) is 53.6 Å². The number of rotatable bonds is 3. The first-order valence-corrected chi connectivity index (χ1v) is 6.94. The van der Waals surface area contributed by atoms with Crippen LogP contribution in [-0.2, 0) is 6.54 Å². The maximum Gasteiger partial charge on any atom is 0.276 e. The molecule has 1 aliphatic carbocycles. The van der Waals surface area contributed by atoms with Crippen molar-refractivity contribution in [2.45, 2.75) is 25.3 Å². The minimum absolute atomic E-state index is 0.0238. The van der Waals surface area contributed by atoms with Crippen LogP contribution in [0.1, 0.15) is 30.0 Å². The summed E-state index contributed by atoms with van der Waals surface area (Å²) in [5.74, 6) is 0.567. The monoisotopic (exact) mass is 265 g/mol. The largest absolute Gasteiger partial charge is 0.308 e. The van der Waals surface area contributed by atoms with Crippen LogP contribution < -0.4 is 5.56 Å². The van der Waals surface area contributed by atoms with Crippen LogP contribution in [0.2, 0.25) is 0 Å². The third kappa shape index (κ3) is 1.93. The lowest BCUT2D eigenvalue weighted by molar-refractivity contribution is 0.740. The smallest absolute Gasteiger partial charge is 0.276 e. The fraction of sp³-hybridized carbons (Fsp3) is 0.250. The zero-order chi connectivity index (χ0) is 13.5. The molecule has 0 saturated heterocycles. The van der Waals surface area contributed by atoms with Gasteiger partial charge in [0.15, 0.2) is 0 Å². The van der Waals surface area contributed by atoms with E-state index in [1.54, 1.807) is 9.08 Å². The second kappa shape index (κ2) is 4.34. The predicted molar refractivity (Wildman–Crippen MR) is 77.0 cm³/mol. The Morgan fingerprint density at radius 1 is 1.15 bits per heavy atom. The van der Waals surface area contributed by atoms with Gasteiger partial charge in [-0.05, 0) is 24.5 Å². The van der Waals surface area contributed by atoms with Crippen LogP contribution in [-0.4, -0.2) is 14.2 Å². The van der Waals surface area contributed by atoms with Gasteiger partial charge in [0.25, 0.3) is 5.56 Å². The average molecular weight is 265 g/mol. The lowest BCUT2D eigenvalue weighted by Gasteiger charge is -2.05. The second-order valence-electron chi connectivity index (χ2n) is 5.39. The van der Waals surface area contributed by atoms with E-state index in [1.807, 2.05) is 48.8 Å². The van der Waals surface area contributed by atoms with Crippen molar-refractivity contribution < 1.29 is 0 Å². The molecule has 0 spiro atoms. The predicted octanol–water partition coefficient (Wildman–Crippen LogP) is 2.42. The first kappa shape index (κ1) is 11.5. The van der Waals surface area contributed by atoms with Gasteiger partial charge in [-0.1, -0.05) is 30.3 Å². The Morgan fingerprint density at radius 2 is 1.95 bits per heavy atom. The summed E-state index contributed by atoms with van der Waals surface area (Å²) >= 11 is 0. The minimum Gasteiger partial charge on any atom is -0.308 e. The van der Waals surface area contributed by atoms with E-state index in [0.717, 1.165) is 11.3 Å². The molecule has 0 bridgehead atoms. The summed E-state index contributed by atoms with van der Waals surface area (Å²) in [6.07, 6.45) is 6.07. The van der Waals surface area contributed by atoms with Crippen molar-refractivity contribution in [2.75, 3.05) is 0 Å². The highest BCUT2D eigenvalue weighted by Gasteiger charge is 2.26. The van der Waals surface area contributed by atoms with E-state index in [0.29, 0.717) is 18.0 Å². The maximum atomic E-state index is 12.5. The van der Waals surface area contributed by atoms with Crippen molar-refractivity contribution in [3.8, 4) is 0 Å². The van der Waals surface area contributed by atoms with E-state index in [4.69, 9.17) is 0 Å². The zero-order valence-electron chi connectivity index (χ0n) is 11.1. The summed E-state index contributed by atoms with van der Waals surface area (Å²) in [7, 11) is 0. The highest BCUT2D eigenvalue weighted by atomic mass is 16.1. The van der Waals surface area contributed by atoms with Crippen LogP contribution in [0.4, 0.5) is 0 Å². The average Bonchev–Trinajstić information content (AvgIpc) is 3.23. The van der Waals surface area contributed by atoms with Gasteiger partial charge in [-0.25, -0.2) is 4.52 Å². The molecule has 0 atom stereocenters. The molecule has 0 radical (unpaired) electrons. The molecular weight excluding hydrogens is 250 g/mol. The molecule has 4 nitrogen and oxygen atoms in total. The Kier molecular flexibility index (Phi) is 2.49. The van der Waals surface area contributed by atoms with Gasteiger partial charge in [-0.3, -0.25) is 4.79 Å². The summed E-state index contributed by atoms with van der Waals surface area (Å²) < 4.78 is 3.44. The van der Waals surface area contributed by atoms with E-state index < -0.39 is 0 Å². The Morgan fingerprint density at radius 3 is 2.70 bits per heavy atom. The summed E-state index contributed by atoms with van der Waals surface area (Å²) in [4.78, 5) is 12.5. The molecule has 4 rings (SSSR count). The lowest BCUT2D eigenvalue weighted by Crippen LogP contribution is -2.21. The molecule has 1 aromatic carbocycles. The van der Waals surface area contributed by atoms with E-state index in [2.05, 4.69) is 5.10 Å². The summed E-state index contributed by atoms with van der Waals surface area (Å²) in [5.41, 5.74) is 2.88. The van der Waals surface area contributed by atoms with Gasteiger partial charge >= 0.3 is 0 Å². The molecule has 1 fully saturated rings. The molecule has 2 aromatic heterocycles. The van der Waals surface area contributed by atoms with Gasteiger partial charge in [-0.2, -0.15) is 5.10 Å². The Labute approximate surface area is 116 Å². The molecule has 0 aliphatic heterocycles. The molecule has 3 aromatic rings. The Bertz CT molecular complexity index is 813. The number of hydrogen-bond acceptors (Lipinski definition) is 2. The molecular formula is C16H15N3O. The van der Waals surface area contributed by atoms with E-state index in [1.165, 1.54) is 12.8 Å². The normalized spacial score (nSPS) is 14.8. The van der Waals surface area contributed by atoms with Crippen molar-refractivity contribution in [3.05, 3.63) is 70.4 Å². The highest BCUT2D eigenvalue weighted by molar-refractivity contribution is 5.46. The molecule has 4 heteroatoms. The van der Waals surface area contributed by atoms with Gasteiger partial charge < -0.3 is 4.57 Å². The first-order valence-electron chi connectivity index (χ1n) is 6.94. The number of nitrogens with zero attached hydrogens (tertiary/aromatic N) is 3. The van der Waals surface area contributed by atoms with Crippen LogP contribution >= 0.6 is 0 Å². The Balaban J connectivity index is 1.77. The van der Waals surface area contributed by atoms with E-state index in [-0.39, 0.29) is 5.56 Å². The van der Waals surface area contributed by atoms with Crippen molar-refractivity contribution >= 4 is 5.52 Å². The molecule has 100 valence electrons. The van der Waals surface area contributed by atoms with Crippen molar-refractivity contribution in [1.29, 1.82) is 0 Å². The minimum atomic E-state index is 0.0238.